The van der Waals surface area contributed by atoms with Crippen molar-refractivity contribution in [3.63, 3.8) is 0 Å². The Morgan fingerprint density at radius 1 is 1.26 bits per heavy atom. The molecule has 3 aromatic rings. The minimum atomic E-state index is 0. The van der Waals surface area contributed by atoms with E-state index in [0.717, 1.165) is 70.8 Å². The summed E-state index contributed by atoms with van der Waals surface area (Å²) in [6.07, 6.45) is 0.884. The third-order valence-electron chi connectivity index (χ3n) is 5.55. The van der Waals surface area contributed by atoms with Crippen LogP contribution in [-0.2, 0) is 9.53 Å². The lowest BCUT2D eigenvalue weighted by Gasteiger charge is -2.27. The highest BCUT2D eigenvalue weighted by atomic mass is 35.5. The maximum Gasteiger partial charge on any atom is 0.239 e. The number of halogens is 2. The lowest BCUT2D eigenvalue weighted by Crippen LogP contribution is -2.39. The molecule has 0 bridgehead atoms. The Kier molecular flexibility index (Phi) is 10.3. The maximum absolute atomic E-state index is 13.3. The highest BCUT2D eigenvalue weighted by molar-refractivity contribution is 8.00. The molecule has 0 atom stereocenters. The number of ether oxygens (including phenoxy) is 2. The van der Waals surface area contributed by atoms with Crippen LogP contribution >= 0.6 is 47.1 Å². The van der Waals surface area contributed by atoms with E-state index in [1.165, 1.54) is 23.1 Å². The molecule has 1 fully saturated rings. The number of aromatic nitrogens is 1. The molecule has 2 heterocycles. The van der Waals surface area contributed by atoms with E-state index in [2.05, 4.69) is 4.90 Å². The number of hydrogen-bond donors (Lipinski definition) is 0. The molecule has 1 aliphatic rings. The number of hydrogen-bond acceptors (Lipinski definition) is 7. The quantitative estimate of drug-likeness (QED) is 0.331. The van der Waals surface area contributed by atoms with Crippen LogP contribution in [0.4, 0.5) is 5.13 Å². The number of carbonyl (C=O) groups excluding carboxylic acids is 1. The summed E-state index contributed by atoms with van der Waals surface area (Å²) in [4.78, 5) is 23.4. The average molecular weight is 543 g/mol. The molecule has 0 radical (unpaired) electrons. The second-order valence-electron chi connectivity index (χ2n) is 7.88. The predicted molar refractivity (Wildman–Crippen MR) is 145 cm³/mol. The lowest BCUT2D eigenvalue weighted by molar-refractivity contribution is -0.116. The molecule has 34 heavy (non-hydrogen) atoms. The Morgan fingerprint density at radius 3 is 2.71 bits per heavy atom. The van der Waals surface area contributed by atoms with E-state index in [1.54, 1.807) is 7.11 Å². The second kappa shape index (κ2) is 13.0. The number of amides is 1. The van der Waals surface area contributed by atoms with Crippen LogP contribution in [0, 0.1) is 6.92 Å². The van der Waals surface area contributed by atoms with Crippen LogP contribution in [0.1, 0.15) is 12.0 Å². The summed E-state index contributed by atoms with van der Waals surface area (Å²) in [5, 5.41) is 1.42. The van der Waals surface area contributed by atoms with Crippen LogP contribution in [-0.4, -0.2) is 68.0 Å². The molecule has 1 aromatic heterocycles. The first-order valence-electron chi connectivity index (χ1n) is 11.0. The smallest absolute Gasteiger partial charge is 0.239 e. The highest BCUT2D eigenvalue weighted by Gasteiger charge is 2.21. The number of thiazole rings is 1. The van der Waals surface area contributed by atoms with E-state index in [1.807, 2.05) is 48.2 Å². The van der Waals surface area contributed by atoms with E-state index in [9.17, 15) is 4.79 Å². The first-order chi connectivity index (χ1) is 16.0. The fraction of sp³-hybridized carbons (Fsp3) is 0.417. The average Bonchev–Trinajstić information content (AvgIpc) is 3.25. The molecule has 1 aliphatic heterocycles. The molecule has 0 spiro atoms. The van der Waals surface area contributed by atoms with Gasteiger partial charge in [-0.15, -0.1) is 24.2 Å². The van der Waals surface area contributed by atoms with E-state index >= 15 is 0 Å². The number of aryl methyl sites for hydroxylation is 1. The topological polar surface area (TPSA) is 54.9 Å². The number of anilines is 1. The number of methoxy groups -OCH3 is 1. The summed E-state index contributed by atoms with van der Waals surface area (Å²) in [6, 6.07) is 11.6. The zero-order valence-corrected chi connectivity index (χ0v) is 22.5. The van der Waals surface area contributed by atoms with Crippen molar-refractivity contribution in [1.29, 1.82) is 0 Å². The van der Waals surface area contributed by atoms with Gasteiger partial charge < -0.3 is 9.47 Å². The maximum atomic E-state index is 13.3. The number of fused-ring (bicyclic) bond motifs is 1. The molecule has 4 rings (SSSR count). The largest absolute Gasteiger partial charge is 0.497 e. The van der Waals surface area contributed by atoms with Gasteiger partial charge in [0.05, 0.1) is 36.3 Å². The monoisotopic (exact) mass is 541 g/mol. The molecule has 184 valence electrons. The number of rotatable bonds is 9. The third-order valence-corrected chi connectivity index (χ3v) is 7.79. The molecule has 1 amide bonds. The van der Waals surface area contributed by atoms with Crippen molar-refractivity contribution in [3.05, 3.63) is 47.0 Å². The van der Waals surface area contributed by atoms with Crippen molar-refractivity contribution in [2.24, 2.45) is 0 Å². The van der Waals surface area contributed by atoms with Crippen molar-refractivity contribution in [3.8, 4) is 5.75 Å². The number of benzene rings is 2. The summed E-state index contributed by atoms with van der Waals surface area (Å²) in [5.41, 5.74) is 1.93. The van der Waals surface area contributed by atoms with Gasteiger partial charge in [-0.1, -0.05) is 22.9 Å². The summed E-state index contributed by atoms with van der Waals surface area (Å²) in [5.74, 6) is 1.21. The summed E-state index contributed by atoms with van der Waals surface area (Å²) >= 11 is 9.31. The lowest BCUT2D eigenvalue weighted by atomic mass is 10.2. The van der Waals surface area contributed by atoms with Gasteiger partial charge in [-0.3, -0.25) is 14.6 Å². The van der Waals surface area contributed by atoms with Crippen LogP contribution in [0.2, 0.25) is 5.02 Å². The Labute approximate surface area is 220 Å². The van der Waals surface area contributed by atoms with Gasteiger partial charge in [0, 0.05) is 36.1 Å². The van der Waals surface area contributed by atoms with Crippen LogP contribution in [0.5, 0.6) is 5.75 Å². The van der Waals surface area contributed by atoms with Crippen molar-refractivity contribution in [1.82, 2.24) is 9.88 Å². The highest BCUT2D eigenvalue weighted by Crippen LogP contribution is 2.34. The van der Waals surface area contributed by atoms with Gasteiger partial charge in [-0.2, -0.15) is 0 Å². The normalized spacial score (nSPS) is 14.1. The number of carbonyl (C=O) groups is 1. The fourth-order valence-corrected chi connectivity index (χ4v) is 6.00. The molecule has 0 saturated carbocycles. The standard InChI is InChI=1S/C24H28ClN3O3S2.ClH/c1-17-14-18(25)15-21-23(17)26-24(33-21)28(9-3-8-27-10-12-31-13-11-27)22(29)16-32-20-6-4-19(30-2)5-7-20;/h4-7,14-15H,3,8-13,16H2,1-2H3;1H. The Bertz CT molecular complexity index is 1090. The summed E-state index contributed by atoms with van der Waals surface area (Å²) in [7, 11) is 1.65. The van der Waals surface area contributed by atoms with Crippen molar-refractivity contribution < 1.29 is 14.3 Å². The summed E-state index contributed by atoms with van der Waals surface area (Å²) in [6.45, 7) is 7.01. The fourth-order valence-electron chi connectivity index (χ4n) is 3.76. The van der Waals surface area contributed by atoms with Gasteiger partial charge >= 0.3 is 0 Å². The van der Waals surface area contributed by atoms with Crippen LogP contribution in [0.25, 0.3) is 10.2 Å². The molecule has 6 nitrogen and oxygen atoms in total. The van der Waals surface area contributed by atoms with E-state index in [4.69, 9.17) is 26.1 Å². The Hall–Kier alpha value is -1.55. The molecule has 1 saturated heterocycles. The second-order valence-corrected chi connectivity index (χ2v) is 10.4. The van der Waals surface area contributed by atoms with E-state index < -0.39 is 0 Å². The molecule has 0 N–H and O–H groups in total. The zero-order valence-electron chi connectivity index (χ0n) is 19.3. The molecule has 0 unspecified atom stereocenters. The SMILES string of the molecule is COc1ccc(SCC(=O)N(CCCN2CCOCC2)c2nc3c(C)cc(Cl)cc3s2)cc1.Cl. The van der Waals surface area contributed by atoms with Crippen LogP contribution in [0.3, 0.4) is 0 Å². The number of nitrogens with zero attached hydrogens (tertiary/aromatic N) is 3. The predicted octanol–water partition coefficient (Wildman–Crippen LogP) is 5.54. The number of morpholine rings is 1. The van der Waals surface area contributed by atoms with Crippen LogP contribution < -0.4 is 9.64 Å². The Balaban J connectivity index is 0.00000324. The Morgan fingerprint density at radius 2 is 2.00 bits per heavy atom. The third kappa shape index (κ3) is 6.99. The molecule has 0 aliphatic carbocycles. The van der Waals surface area contributed by atoms with Gasteiger partial charge in [0.15, 0.2) is 5.13 Å². The van der Waals surface area contributed by atoms with Crippen molar-refractivity contribution in [2.75, 3.05) is 57.2 Å². The minimum Gasteiger partial charge on any atom is -0.497 e. The van der Waals surface area contributed by atoms with Gasteiger partial charge in [-0.05, 0) is 55.3 Å². The number of thioether (sulfide) groups is 1. The molecular formula is C24H29Cl2N3O3S2. The van der Waals surface area contributed by atoms with Crippen molar-refractivity contribution in [2.45, 2.75) is 18.2 Å². The zero-order chi connectivity index (χ0) is 23.2. The van der Waals surface area contributed by atoms with Gasteiger partial charge in [-0.25, -0.2) is 4.98 Å². The molecular weight excluding hydrogens is 513 g/mol. The molecule has 2 aromatic carbocycles. The molecule has 10 heteroatoms. The summed E-state index contributed by atoms with van der Waals surface area (Å²) < 4.78 is 11.7. The van der Waals surface area contributed by atoms with E-state index in [0.29, 0.717) is 17.3 Å². The van der Waals surface area contributed by atoms with Crippen LogP contribution in [0.15, 0.2) is 41.3 Å². The van der Waals surface area contributed by atoms with Crippen molar-refractivity contribution >= 4 is 68.4 Å². The van der Waals surface area contributed by atoms with E-state index in [-0.39, 0.29) is 18.3 Å². The van der Waals surface area contributed by atoms with Gasteiger partial charge in [0.1, 0.15) is 5.75 Å². The first kappa shape index (κ1) is 27.0. The first-order valence-corrected chi connectivity index (χ1v) is 13.2. The van der Waals surface area contributed by atoms with Gasteiger partial charge in [0.2, 0.25) is 5.91 Å². The minimum absolute atomic E-state index is 0. The van der Waals surface area contributed by atoms with Gasteiger partial charge in [0.25, 0.3) is 0 Å².